The number of benzene rings is 1. The highest BCUT2D eigenvalue weighted by molar-refractivity contribution is 7.10. The third-order valence-corrected chi connectivity index (χ3v) is 5.11. The van der Waals surface area contributed by atoms with Crippen LogP contribution in [0.2, 0.25) is 0 Å². The molecule has 4 nitrogen and oxygen atoms in total. The number of anilines is 1. The van der Waals surface area contributed by atoms with E-state index < -0.39 is 0 Å². The zero-order valence-electron chi connectivity index (χ0n) is 13.1. The number of carbonyl (C=O) groups is 2. The van der Waals surface area contributed by atoms with Crippen molar-refractivity contribution in [2.24, 2.45) is 0 Å². The first-order valence-electron chi connectivity index (χ1n) is 7.81. The van der Waals surface area contributed by atoms with Gasteiger partial charge < -0.3 is 9.80 Å². The molecule has 2 aromatic rings. The van der Waals surface area contributed by atoms with E-state index in [1.54, 1.807) is 28.2 Å². The highest BCUT2D eigenvalue weighted by atomic mass is 32.1. The second-order valence-electron chi connectivity index (χ2n) is 5.73. The number of likely N-dealkylation sites (N-methyl/N-ethyl adjacent to an activating group) is 1. The fourth-order valence-electron chi connectivity index (χ4n) is 2.99. The zero-order valence-corrected chi connectivity index (χ0v) is 14.0. The number of amides is 2. The zero-order chi connectivity index (χ0) is 16.2. The van der Waals surface area contributed by atoms with Crippen molar-refractivity contribution in [3.8, 4) is 0 Å². The van der Waals surface area contributed by atoms with Gasteiger partial charge in [0, 0.05) is 24.2 Å². The fraction of sp³-hybridized carbons (Fsp3) is 0.333. The van der Waals surface area contributed by atoms with E-state index in [0.29, 0.717) is 13.0 Å². The molecular formula is C18H20N2O2S. The normalized spacial score (nSPS) is 17.3. The number of rotatable bonds is 4. The standard InChI is InChI=1S/C18H20N2O2S/c1-19(14-7-3-2-4-8-14)18(22)16-10-5-11-20(16)17(21)13-15-9-6-12-23-15/h2-4,6-9,12,16H,5,10-11,13H2,1H3. The average molecular weight is 328 g/mol. The lowest BCUT2D eigenvalue weighted by molar-refractivity contribution is -0.136. The maximum Gasteiger partial charge on any atom is 0.249 e. The molecule has 1 aromatic carbocycles. The Hall–Kier alpha value is -2.14. The van der Waals surface area contributed by atoms with Crippen molar-refractivity contribution in [1.29, 1.82) is 0 Å². The van der Waals surface area contributed by atoms with Crippen LogP contribution in [0.15, 0.2) is 47.8 Å². The molecule has 2 heterocycles. The maximum absolute atomic E-state index is 12.8. The van der Waals surface area contributed by atoms with Gasteiger partial charge >= 0.3 is 0 Å². The minimum atomic E-state index is -0.340. The van der Waals surface area contributed by atoms with E-state index in [2.05, 4.69) is 0 Å². The minimum Gasteiger partial charge on any atom is -0.330 e. The van der Waals surface area contributed by atoms with Crippen LogP contribution in [0.3, 0.4) is 0 Å². The number of likely N-dealkylation sites (tertiary alicyclic amines) is 1. The van der Waals surface area contributed by atoms with Gasteiger partial charge in [-0.1, -0.05) is 24.3 Å². The van der Waals surface area contributed by atoms with Crippen molar-refractivity contribution in [2.45, 2.75) is 25.3 Å². The molecule has 3 rings (SSSR count). The molecule has 1 aliphatic rings. The Morgan fingerprint density at radius 2 is 2.00 bits per heavy atom. The second-order valence-corrected chi connectivity index (χ2v) is 6.77. The molecule has 1 atom stereocenters. The molecule has 0 aliphatic carbocycles. The first kappa shape index (κ1) is 15.7. The molecule has 0 spiro atoms. The molecule has 1 fully saturated rings. The Labute approximate surface area is 140 Å². The van der Waals surface area contributed by atoms with Crippen LogP contribution in [-0.4, -0.2) is 36.3 Å². The van der Waals surface area contributed by atoms with Gasteiger partial charge in [-0.3, -0.25) is 9.59 Å². The number of nitrogens with zero attached hydrogens (tertiary/aromatic N) is 2. The van der Waals surface area contributed by atoms with Crippen molar-refractivity contribution in [2.75, 3.05) is 18.5 Å². The van der Waals surface area contributed by atoms with Crippen molar-refractivity contribution < 1.29 is 9.59 Å². The maximum atomic E-state index is 12.8. The van der Waals surface area contributed by atoms with E-state index in [-0.39, 0.29) is 17.9 Å². The van der Waals surface area contributed by atoms with Gasteiger partial charge in [-0.15, -0.1) is 11.3 Å². The van der Waals surface area contributed by atoms with Gasteiger partial charge in [0.15, 0.2) is 0 Å². The molecule has 0 bridgehead atoms. The summed E-state index contributed by atoms with van der Waals surface area (Å²) in [6, 6.07) is 13.1. The van der Waals surface area contributed by atoms with E-state index in [0.717, 1.165) is 23.4 Å². The van der Waals surface area contributed by atoms with Gasteiger partial charge in [-0.05, 0) is 36.4 Å². The topological polar surface area (TPSA) is 40.6 Å². The first-order valence-corrected chi connectivity index (χ1v) is 8.69. The van der Waals surface area contributed by atoms with E-state index in [4.69, 9.17) is 0 Å². The van der Waals surface area contributed by atoms with Crippen LogP contribution in [-0.2, 0) is 16.0 Å². The molecule has 1 aliphatic heterocycles. The molecular weight excluding hydrogens is 308 g/mol. The second kappa shape index (κ2) is 6.96. The van der Waals surface area contributed by atoms with Crippen molar-refractivity contribution in [3.05, 3.63) is 52.7 Å². The lowest BCUT2D eigenvalue weighted by atomic mass is 10.1. The van der Waals surface area contributed by atoms with E-state index in [1.807, 2.05) is 47.8 Å². The Morgan fingerprint density at radius 1 is 1.22 bits per heavy atom. The van der Waals surface area contributed by atoms with E-state index >= 15 is 0 Å². The Balaban J connectivity index is 1.70. The predicted molar refractivity (Wildman–Crippen MR) is 92.6 cm³/mol. The van der Waals surface area contributed by atoms with Crippen molar-refractivity contribution in [1.82, 2.24) is 4.90 Å². The Morgan fingerprint density at radius 3 is 2.70 bits per heavy atom. The molecule has 1 saturated heterocycles. The fourth-order valence-corrected chi connectivity index (χ4v) is 3.68. The molecule has 0 saturated carbocycles. The molecule has 0 radical (unpaired) electrons. The van der Waals surface area contributed by atoms with Gasteiger partial charge in [-0.25, -0.2) is 0 Å². The monoisotopic (exact) mass is 328 g/mol. The van der Waals surface area contributed by atoms with Crippen LogP contribution in [0.1, 0.15) is 17.7 Å². The molecule has 1 aromatic heterocycles. The third-order valence-electron chi connectivity index (χ3n) is 4.24. The SMILES string of the molecule is CN(C(=O)C1CCCN1C(=O)Cc1cccs1)c1ccccc1. The number of hydrogen-bond donors (Lipinski definition) is 0. The predicted octanol–water partition coefficient (Wildman–Crippen LogP) is 2.94. The summed E-state index contributed by atoms with van der Waals surface area (Å²) in [6.45, 7) is 0.670. The molecule has 5 heteroatoms. The Bertz CT molecular complexity index is 670. The quantitative estimate of drug-likeness (QED) is 0.866. The summed E-state index contributed by atoms with van der Waals surface area (Å²) in [5.41, 5.74) is 0.857. The molecule has 2 amide bonds. The highest BCUT2D eigenvalue weighted by Gasteiger charge is 2.35. The number of carbonyl (C=O) groups excluding carboxylic acids is 2. The molecule has 0 N–H and O–H groups in total. The number of hydrogen-bond acceptors (Lipinski definition) is 3. The summed E-state index contributed by atoms with van der Waals surface area (Å²) in [6.07, 6.45) is 2.01. The summed E-state index contributed by atoms with van der Waals surface area (Å²) in [5, 5.41) is 1.97. The van der Waals surface area contributed by atoms with Crippen molar-refractivity contribution >= 4 is 28.8 Å². The summed E-state index contributed by atoms with van der Waals surface area (Å²) < 4.78 is 0. The van der Waals surface area contributed by atoms with Gasteiger partial charge in [-0.2, -0.15) is 0 Å². The van der Waals surface area contributed by atoms with Crippen LogP contribution >= 0.6 is 11.3 Å². The van der Waals surface area contributed by atoms with Gasteiger partial charge in [0.25, 0.3) is 0 Å². The minimum absolute atomic E-state index is 0.00627. The number of para-hydroxylation sites is 1. The Kier molecular flexibility index (Phi) is 4.76. The highest BCUT2D eigenvalue weighted by Crippen LogP contribution is 2.23. The number of thiophene rings is 1. The first-order chi connectivity index (χ1) is 11.2. The van der Waals surface area contributed by atoms with Crippen LogP contribution in [0, 0.1) is 0 Å². The third kappa shape index (κ3) is 3.45. The van der Waals surface area contributed by atoms with Crippen LogP contribution in [0.4, 0.5) is 5.69 Å². The van der Waals surface area contributed by atoms with Crippen molar-refractivity contribution in [3.63, 3.8) is 0 Å². The average Bonchev–Trinajstić information content (AvgIpc) is 3.25. The lowest BCUT2D eigenvalue weighted by Gasteiger charge is -2.28. The van der Waals surface area contributed by atoms with Crippen LogP contribution in [0.25, 0.3) is 0 Å². The lowest BCUT2D eigenvalue weighted by Crippen LogP contribution is -2.47. The largest absolute Gasteiger partial charge is 0.330 e. The molecule has 120 valence electrons. The van der Waals surface area contributed by atoms with E-state index in [1.165, 1.54) is 0 Å². The smallest absolute Gasteiger partial charge is 0.249 e. The van der Waals surface area contributed by atoms with Gasteiger partial charge in [0.2, 0.25) is 11.8 Å². The van der Waals surface area contributed by atoms with E-state index in [9.17, 15) is 9.59 Å². The van der Waals surface area contributed by atoms with Gasteiger partial charge in [0.05, 0.1) is 6.42 Å². The summed E-state index contributed by atoms with van der Waals surface area (Å²) >= 11 is 1.58. The van der Waals surface area contributed by atoms with Crippen LogP contribution < -0.4 is 4.90 Å². The van der Waals surface area contributed by atoms with Crippen LogP contribution in [0.5, 0.6) is 0 Å². The summed E-state index contributed by atoms with van der Waals surface area (Å²) in [5.74, 6) is 0.0398. The molecule has 1 unspecified atom stereocenters. The summed E-state index contributed by atoms with van der Waals surface area (Å²) in [7, 11) is 1.78. The summed E-state index contributed by atoms with van der Waals surface area (Å²) in [4.78, 5) is 29.8. The molecule has 23 heavy (non-hydrogen) atoms. The van der Waals surface area contributed by atoms with Gasteiger partial charge in [0.1, 0.15) is 6.04 Å².